The van der Waals surface area contributed by atoms with Crippen LogP contribution in [0.5, 0.6) is 0 Å². The number of esters is 2. The van der Waals surface area contributed by atoms with Gasteiger partial charge in [-0.25, -0.2) is 9.59 Å². The molecule has 0 aliphatic rings. The fraction of sp³-hybridized carbons (Fsp3) is 0.333. The third-order valence-corrected chi connectivity index (χ3v) is 4.17. The predicted molar refractivity (Wildman–Crippen MR) is 97.9 cm³/mol. The lowest BCUT2D eigenvalue weighted by Crippen LogP contribution is -2.12. The highest BCUT2D eigenvalue weighted by Crippen LogP contribution is 2.16. The minimum absolute atomic E-state index is 0.163. The Hall–Kier alpha value is -2.62. The van der Waals surface area contributed by atoms with E-state index < -0.39 is 11.9 Å². The van der Waals surface area contributed by atoms with Crippen molar-refractivity contribution < 1.29 is 19.1 Å². The highest BCUT2D eigenvalue weighted by Gasteiger charge is 2.07. The average molecular weight is 340 g/mol. The molecule has 4 heteroatoms. The fourth-order valence-corrected chi connectivity index (χ4v) is 2.44. The number of hydrogen-bond acceptors (Lipinski definition) is 4. The number of rotatable bonds is 8. The number of benzene rings is 2. The molecule has 0 N–H and O–H groups in total. The van der Waals surface area contributed by atoms with E-state index in [9.17, 15) is 9.59 Å². The summed E-state index contributed by atoms with van der Waals surface area (Å²) in [6.07, 6.45) is 4.14. The SMILES string of the molecule is CCC(CC)COC(=O)/C=C/C(=O)OCc1ccc2ccccc2c1. The van der Waals surface area contributed by atoms with Crippen LogP contribution in [0.25, 0.3) is 10.8 Å². The summed E-state index contributed by atoms with van der Waals surface area (Å²) in [5, 5.41) is 2.23. The molecular weight excluding hydrogens is 316 g/mol. The first kappa shape index (κ1) is 18.7. The van der Waals surface area contributed by atoms with Crippen LogP contribution in [0.1, 0.15) is 32.3 Å². The van der Waals surface area contributed by atoms with E-state index in [0.717, 1.165) is 41.3 Å². The van der Waals surface area contributed by atoms with Crippen LogP contribution < -0.4 is 0 Å². The summed E-state index contributed by atoms with van der Waals surface area (Å²) >= 11 is 0. The molecule has 0 spiro atoms. The highest BCUT2D eigenvalue weighted by atomic mass is 16.5. The molecule has 132 valence electrons. The number of ether oxygens (including phenoxy) is 2. The second-order valence-corrected chi connectivity index (χ2v) is 5.94. The molecule has 0 aliphatic heterocycles. The first-order valence-corrected chi connectivity index (χ1v) is 8.61. The normalized spacial score (nSPS) is 11.2. The van der Waals surface area contributed by atoms with Crippen molar-refractivity contribution in [1.29, 1.82) is 0 Å². The van der Waals surface area contributed by atoms with Gasteiger partial charge in [-0.2, -0.15) is 0 Å². The molecule has 2 rings (SSSR count). The molecule has 0 atom stereocenters. The number of carbonyl (C=O) groups excluding carboxylic acids is 2. The Labute approximate surface area is 148 Å². The minimum Gasteiger partial charge on any atom is -0.462 e. The van der Waals surface area contributed by atoms with Crippen molar-refractivity contribution in [1.82, 2.24) is 0 Å². The van der Waals surface area contributed by atoms with E-state index in [1.165, 1.54) is 0 Å². The number of hydrogen-bond donors (Lipinski definition) is 0. The quantitative estimate of drug-likeness (QED) is 0.527. The Morgan fingerprint density at radius 2 is 1.56 bits per heavy atom. The molecule has 25 heavy (non-hydrogen) atoms. The van der Waals surface area contributed by atoms with Gasteiger partial charge in [0.1, 0.15) is 6.61 Å². The lowest BCUT2D eigenvalue weighted by Gasteiger charge is -2.11. The summed E-state index contributed by atoms with van der Waals surface area (Å²) in [6.45, 7) is 4.66. The van der Waals surface area contributed by atoms with Gasteiger partial charge in [0.25, 0.3) is 0 Å². The van der Waals surface area contributed by atoms with Gasteiger partial charge in [-0.05, 0) is 28.3 Å². The van der Waals surface area contributed by atoms with E-state index in [1.807, 2.05) is 42.5 Å². The summed E-state index contributed by atoms with van der Waals surface area (Å²) in [5.41, 5.74) is 0.900. The highest BCUT2D eigenvalue weighted by molar-refractivity contribution is 5.91. The molecule has 0 amide bonds. The van der Waals surface area contributed by atoms with Gasteiger partial charge in [0.15, 0.2) is 0 Å². The minimum atomic E-state index is -0.562. The lowest BCUT2D eigenvalue weighted by atomic mass is 10.1. The molecule has 0 saturated carbocycles. The van der Waals surface area contributed by atoms with E-state index >= 15 is 0 Å². The Kier molecular flexibility index (Phi) is 7.20. The molecule has 0 saturated heterocycles. The summed E-state index contributed by atoms with van der Waals surface area (Å²) in [6, 6.07) is 13.9. The van der Waals surface area contributed by atoms with Gasteiger partial charge in [0, 0.05) is 12.2 Å². The van der Waals surface area contributed by atoms with E-state index in [-0.39, 0.29) is 6.61 Å². The second-order valence-electron chi connectivity index (χ2n) is 5.94. The summed E-state index contributed by atoms with van der Waals surface area (Å²) < 4.78 is 10.3. The number of fused-ring (bicyclic) bond motifs is 1. The first-order valence-electron chi connectivity index (χ1n) is 8.61. The monoisotopic (exact) mass is 340 g/mol. The van der Waals surface area contributed by atoms with Gasteiger partial charge >= 0.3 is 11.9 Å². The fourth-order valence-electron chi connectivity index (χ4n) is 2.44. The maximum absolute atomic E-state index is 11.7. The van der Waals surface area contributed by atoms with Crippen LogP contribution in [0.2, 0.25) is 0 Å². The van der Waals surface area contributed by atoms with Gasteiger partial charge in [0.05, 0.1) is 6.61 Å². The van der Waals surface area contributed by atoms with Crippen LogP contribution in [0, 0.1) is 5.92 Å². The summed E-state index contributed by atoms with van der Waals surface area (Å²) in [5.74, 6) is -0.723. The van der Waals surface area contributed by atoms with Crippen molar-refractivity contribution in [2.75, 3.05) is 6.61 Å². The largest absolute Gasteiger partial charge is 0.462 e. The standard InChI is InChI=1S/C21H24O4/c1-3-16(4-2)14-24-20(22)11-12-21(23)25-15-17-9-10-18-7-5-6-8-19(18)13-17/h5-13,16H,3-4,14-15H2,1-2H3/b12-11+. The number of carbonyl (C=O) groups is 2. The zero-order valence-corrected chi connectivity index (χ0v) is 14.7. The van der Waals surface area contributed by atoms with Crippen molar-refractivity contribution >= 4 is 22.7 Å². The molecule has 0 heterocycles. The van der Waals surface area contributed by atoms with Gasteiger partial charge in [0.2, 0.25) is 0 Å². The van der Waals surface area contributed by atoms with Gasteiger partial charge in [-0.15, -0.1) is 0 Å². The topological polar surface area (TPSA) is 52.6 Å². The molecular formula is C21H24O4. The van der Waals surface area contributed by atoms with Crippen molar-refractivity contribution in [3.05, 3.63) is 60.2 Å². The molecule has 0 aromatic heterocycles. The molecule has 2 aromatic rings. The third-order valence-electron chi connectivity index (χ3n) is 4.17. The van der Waals surface area contributed by atoms with Crippen LogP contribution in [0.4, 0.5) is 0 Å². The van der Waals surface area contributed by atoms with Gasteiger partial charge < -0.3 is 9.47 Å². The Morgan fingerprint density at radius 3 is 2.24 bits per heavy atom. The Bertz CT molecular complexity index is 744. The second kappa shape index (κ2) is 9.62. The van der Waals surface area contributed by atoms with Gasteiger partial charge in [-0.1, -0.05) is 63.1 Å². The van der Waals surface area contributed by atoms with Crippen LogP contribution in [0.3, 0.4) is 0 Å². The average Bonchev–Trinajstić information content (AvgIpc) is 2.65. The summed E-state index contributed by atoms with van der Waals surface area (Å²) in [7, 11) is 0. The molecule has 0 radical (unpaired) electrons. The van der Waals surface area contributed by atoms with Crippen LogP contribution >= 0.6 is 0 Å². The van der Waals surface area contributed by atoms with Crippen molar-refractivity contribution in [3.63, 3.8) is 0 Å². The molecule has 0 unspecified atom stereocenters. The smallest absolute Gasteiger partial charge is 0.331 e. The predicted octanol–water partition coefficient (Wildman–Crippen LogP) is 4.42. The maximum Gasteiger partial charge on any atom is 0.331 e. The molecule has 2 aromatic carbocycles. The maximum atomic E-state index is 11.7. The Balaban J connectivity index is 1.80. The van der Waals surface area contributed by atoms with Crippen LogP contribution in [-0.4, -0.2) is 18.5 Å². The van der Waals surface area contributed by atoms with E-state index in [1.54, 1.807) is 0 Å². The summed E-state index contributed by atoms with van der Waals surface area (Å²) in [4.78, 5) is 23.3. The molecule has 0 aliphatic carbocycles. The zero-order valence-electron chi connectivity index (χ0n) is 14.7. The lowest BCUT2D eigenvalue weighted by molar-refractivity contribution is -0.141. The van der Waals surface area contributed by atoms with E-state index in [0.29, 0.717) is 12.5 Å². The van der Waals surface area contributed by atoms with Gasteiger partial charge in [-0.3, -0.25) is 0 Å². The zero-order chi connectivity index (χ0) is 18.1. The first-order chi connectivity index (χ1) is 12.1. The van der Waals surface area contributed by atoms with Crippen molar-refractivity contribution in [3.8, 4) is 0 Å². The van der Waals surface area contributed by atoms with Crippen molar-refractivity contribution in [2.45, 2.75) is 33.3 Å². The van der Waals surface area contributed by atoms with E-state index in [2.05, 4.69) is 13.8 Å². The third kappa shape index (κ3) is 6.07. The molecule has 0 bridgehead atoms. The van der Waals surface area contributed by atoms with Crippen LogP contribution in [0.15, 0.2) is 54.6 Å². The molecule has 4 nitrogen and oxygen atoms in total. The van der Waals surface area contributed by atoms with Crippen LogP contribution in [-0.2, 0) is 25.7 Å². The Morgan fingerprint density at radius 1 is 0.920 bits per heavy atom. The van der Waals surface area contributed by atoms with E-state index in [4.69, 9.17) is 9.47 Å². The molecule has 0 fully saturated rings. The van der Waals surface area contributed by atoms with Crippen molar-refractivity contribution in [2.24, 2.45) is 5.92 Å².